The lowest BCUT2D eigenvalue weighted by Gasteiger charge is -2.04. The fourth-order valence-electron chi connectivity index (χ4n) is 1.37. The molecule has 1 N–H and O–H groups in total. The summed E-state index contributed by atoms with van der Waals surface area (Å²) in [7, 11) is 0. The molecule has 92 valence electrons. The SMILES string of the molecule is CCCCCCCCOCCOCCO. The molecule has 0 bridgehead atoms. The predicted octanol–water partition coefficient (Wildman–Crippen LogP) is 2.37. The monoisotopic (exact) mass is 218 g/mol. The van der Waals surface area contributed by atoms with Gasteiger partial charge in [0.25, 0.3) is 0 Å². The second kappa shape index (κ2) is 13.9. The molecule has 0 aromatic rings. The largest absolute Gasteiger partial charge is 0.394 e. The van der Waals surface area contributed by atoms with Crippen LogP contribution in [0.15, 0.2) is 0 Å². The number of hydrogen-bond acceptors (Lipinski definition) is 3. The summed E-state index contributed by atoms with van der Waals surface area (Å²) < 4.78 is 10.4. The fourth-order valence-corrected chi connectivity index (χ4v) is 1.37. The Balaban J connectivity index is 2.81. The summed E-state index contributed by atoms with van der Waals surface area (Å²) in [6.07, 6.45) is 7.78. The van der Waals surface area contributed by atoms with Gasteiger partial charge in [-0.05, 0) is 6.42 Å². The van der Waals surface area contributed by atoms with E-state index in [1.54, 1.807) is 0 Å². The van der Waals surface area contributed by atoms with Crippen LogP contribution in [0.4, 0.5) is 0 Å². The highest BCUT2D eigenvalue weighted by atomic mass is 16.5. The van der Waals surface area contributed by atoms with Gasteiger partial charge in [0.05, 0.1) is 26.4 Å². The van der Waals surface area contributed by atoms with Crippen molar-refractivity contribution >= 4 is 0 Å². The molecule has 0 aromatic carbocycles. The molecule has 3 nitrogen and oxygen atoms in total. The Hall–Kier alpha value is -0.120. The number of hydrogen-bond donors (Lipinski definition) is 1. The third kappa shape index (κ3) is 13.9. The first kappa shape index (κ1) is 14.9. The molecule has 15 heavy (non-hydrogen) atoms. The van der Waals surface area contributed by atoms with E-state index in [4.69, 9.17) is 14.6 Å². The quantitative estimate of drug-likeness (QED) is 0.511. The molecule has 0 aliphatic heterocycles. The van der Waals surface area contributed by atoms with Crippen LogP contribution >= 0.6 is 0 Å². The first-order valence-corrected chi connectivity index (χ1v) is 6.18. The average molecular weight is 218 g/mol. The van der Waals surface area contributed by atoms with Crippen LogP contribution in [-0.4, -0.2) is 38.1 Å². The average Bonchev–Trinajstić information content (AvgIpc) is 2.26. The molecule has 0 aliphatic rings. The second-order valence-electron chi connectivity index (χ2n) is 3.72. The van der Waals surface area contributed by atoms with Crippen molar-refractivity contribution in [1.29, 1.82) is 0 Å². The van der Waals surface area contributed by atoms with Crippen molar-refractivity contribution in [2.75, 3.05) is 33.0 Å². The molecule has 0 fully saturated rings. The summed E-state index contributed by atoms with van der Waals surface area (Å²) in [5, 5.41) is 8.44. The summed E-state index contributed by atoms with van der Waals surface area (Å²) in [6, 6.07) is 0. The van der Waals surface area contributed by atoms with E-state index in [0.29, 0.717) is 19.8 Å². The zero-order valence-electron chi connectivity index (χ0n) is 10.0. The van der Waals surface area contributed by atoms with Crippen LogP contribution in [0.25, 0.3) is 0 Å². The van der Waals surface area contributed by atoms with Crippen LogP contribution < -0.4 is 0 Å². The van der Waals surface area contributed by atoms with Gasteiger partial charge in [-0.2, -0.15) is 0 Å². The zero-order valence-corrected chi connectivity index (χ0v) is 10.0. The molecule has 0 radical (unpaired) electrons. The van der Waals surface area contributed by atoms with Gasteiger partial charge in [-0.25, -0.2) is 0 Å². The van der Waals surface area contributed by atoms with Crippen molar-refractivity contribution in [3.8, 4) is 0 Å². The molecule has 0 aliphatic carbocycles. The molecule has 0 spiro atoms. The molecule has 0 amide bonds. The third-order valence-corrected chi connectivity index (χ3v) is 2.25. The highest BCUT2D eigenvalue weighted by Crippen LogP contribution is 2.04. The van der Waals surface area contributed by atoms with Crippen molar-refractivity contribution in [1.82, 2.24) is 0 Å². The van der Waals surface area contributed by atoms with E-state index < -0.39 is 0 Å². The van der Waals surface area contributed by atoms with E-state index in [9.17, 15) is 0 Å². The van der Waals surface area contributed by atoms with Gasteiger partial charge < -0.3 is 14.6 Å². The predicted molar refractivity (Wildman–Crippen MR) is 62.1 cm³/mol. The summed E-state index contributed by atoms with van der Waals surface area (Å²) in [4.78, 5) is 0. The summed E-state index contributed by atoms with van der Waals surface area (Å²) >= 11 is 0. The molecular weight excluding hydrogens is 192 g/mol. The maximum Gasteiger partial charge on any atom is 0.0701 e. The maximum atomic E-state index is 8.44. The van der Waals surface area contributed by atoms with Crippen LogP contribution in [0, 0.1) is 0 Å². The zero-order chi connectivity index (χ0) is 11.2. The van der Waals surface area contributed by atoms with Crippen molar-refractivity contribution in [2.45, 2.75) is 45.4 Å². The van der Waals surface area contributed by atoms with E-state index in [1.807, 2.05) is 0 Å². The first-order chi connectivity index (χ1) is 7.41. The van der Waals surface area contributed by atoms with Gasteiger partial charge in [0.1, 0.15) is 0 Å². The number of aliphatic hydroxyl groups excluding tert-OH is 1. The smallest absolute Gasteiger partial charge is 0.0701 e. The number of rotatable bonds is 12. The van der Waals surface area contributed by atoms with Crippen molar-refractivity contribution in [3.05, 3.63) is 0 Å². The number of aliphatic hydroxyl groups is 1. The van der Waals surface area contributed by atoms with Crippen LogP contribution in [0.2, 0.25) is 0 Å². The highest BCUT2D eigenvalue weighted by molar-refractivity contribution is 4.43. The topological polar surface area (TPSA) is 38.7 Å². The highest BCUT2D eigenvalue weighted by Gasteiger charge is 1.91. The Morgan fingerprint density at radius 1 is 0.733 bits per heavy atom. The van der Waals surface area contributed by atoms with Gasteiger partial charge in [-0.1, -0.05) is 39.0 Å². The van der Waals surface area contributed by atoms with Gasteiger partial charge >= 0.3 is 0 Å². The van der Waals surface area contributed by atoms with Crippen molar-refractivity contribution in [3.63, 3.8) is 0 Å². The Kier molecular flexibility index (Phi) is 13.8. The van der Waals surface area contributed by atoms with E-state index in [0.717, 1.165) is 13.0 Å². The third-order valence-electron chi connectivity index (χ3n) is 2.25. The second-order valence-corrected chi connectivity index (χ2v) is 3.72. The van der Waals surface area contributed by atoms with Crippen LogP contribution in [0.1, 0.15) is 45.4 Å². The summed E-state index contributed by atoms with van der Waals surface area (Å²) in [6.45, 7) is 4.83. The van der Waals surface area contributed by atoms with Crippen LogP contribution in [-0.2, 0) is 9.47 Å². The normalized spacial score (nSPS) is 10.8. The molecule has 0 saturated carbocycles. The Bertz CT molecular complexity index is 95.0. The lowest BCUT2D eigenvalue weighted by molar-refractivity contribution is 0.0321. The molecular formula is C12H26O3. The Morgan fingerprint density at radius 2 is 1.33 bits per heavy atom. The van der Waals surface area contributed by atoms with Gasteiger partial charge in [-0.15, -0.1) is 0 Å². The van der Waals surface area contributed by atoms with Gasteiger partial charge in [0.2, 0.25) is 0 Å². The first-order valence-electron chi connectivity index (χ1n) is 6.18. The Morgan fingerprint density at radius 3 is 2.00 bits per heavy atom. The molecule has 0 atom stereocenters. The minimum atomic E-state index is 0.0947. The van der Waals surface area contributed by atoms with Crippen LogP contribution in [0.3, 0.4) is 0 Å². The minimum absolute atomic E-state index is 0.0947. The molecule has 0 saturated heterocycles. The lowest BCUT2D eigenvalue weighted by Crippen LogP contribution is -2.07. The molecule has 0 rings (SSSR count). The van der Waals surface area contributed by atoms with E-state index >= 15 is 0 Å². The fraction of sp³-hybridized carbons (Fsp3) is 1.00. The lowest BCUT2D eigenvalue weighted by atomic mass is 10.1. The Labute approximate surface area is 93.8 Å². The minimum Gasteiger partial charge on any atom is -0.394 e. The molecule has 0 aromatic heterocycles. The van der Waals surface area contributed by atoms with Gasteiger partial charge in [0.15, 0.2) is 0 Å². The number of ether oxygens (including phenoxy) is 2. The van der Waals surface area contributed by atoms with Crippen LogP contribution in [0.5, 0.6) is 0 Å². The summed E-state index contributed by atoms with van der Waals surface area (Å²) in [5.41, 5.74) is 0. The molecule has 3 heteroatoms. The maximum absolute atomic E-state index is 8.44. The van der Waals surface area contributed by atoms with Gasteiger partial charge in [0, 0.05) is 6.61 Å². The molecule has 0 unspecified atom stereocenters. The molecule has 0 heterocycles. The van der Waals surface area contributed by atoms with Crippen molar-refractivity contribution in [2.24, 2.45) is 0 Å². The van der Waals surface area contributed by atoms with E-state index in [1.165, 1.54) is 32.1 Å². The number of unbranched alkanes of at least 4 members (excludes halogenated alkanes) is 5. The standard InChI is InChI=1S/C12H26O3/c1-2-3-4-5-6-7-9-14-11-12-15-10-8-13/h13H,2-12H2,1H3. The van der Waals surface area contributed by atoms with E-state index in [-0.39, 0.29) is 6.61 Å². The van der Waals surface area contributed by atoms with E-state index in [2.05, 4.69) is 6.92 Å². The van der Waals surface area contributed by atoms with Gasteiger partial charge in [-0.3, -0.25) is 0 Å². The van der Waals surface area contributed by atoms with Crippen molar-refractivity contribution < 1.29 is 14.6 Å². The summed E-state index contributed by atoms with van der Waals surface area (Å²) in [5.74, 6) is 0.